The summed E-state index contributed by atoms with van der Waals surface area (Å²) in [5.74, 6) is 1.10. The molecule has 0 aliphatic carbocycles. The van der Waals surface area contributed by atoms with Crippen molar-refractivity contribution in [1.82, 2.24) is 9.55 Å². The molecule has 1 heterocycles. The number of nitrogens with zero attached hydrogens (tertiary/aromatic N) is 3. The number of aromatic nitrogens is 2. The molecule has 0 fully saturated rings. The highest BCUT2D eigenvalue weighted by Crippen LogP contribution is 2.30. The standard InChI is InChI=1S/C18H16BrN3O5.3C2H6/c1-26-8-7-21-17(11-3-6-16(27-2)14(19)9-11)20-15-5-4-12(22(24)25)10-13(15)18(21)23;3*1-2/h3-6,9-10H,7-8H2,1-2H3;3*1-2H3. The number of nitro benzene ring substituents is 1. The molecule has 0 aliphatic heterocycles. The Morgan fingerprint density at radius 1 is 1.03 bits per heavy atom. The van der Waals surface area contributed by atoms with Crippen molar-refractivity contribution in [2.24, 2.45) is 0 Å². The van der Waals surface area contributed by atoms with Gasteiger partial charge in [-0.05, 0) is 40.2 Å². The lowest BCUT2D eigenvalue weighted by atomic mass is 10.1. The van der Waals surface area contributed by atoms with Crippen molar-refractivity contribution < 1.29 is 14.4 Å². The smallest absolute Gasteiger partial charge is 0.270 e. The third-order valence-electron chi connectivity index (χ3n) is 4.08. The second-order valence-electron chi connectivity index (χ2n) is 5.69. The van der Waals surface area contributed by atoms with E-state index in [0.717, 1.165) is 4.47 Å². The van der Waals surface area contributed by atoms with Crippen LogP contribution in [0.15, 0.2) is 45.7 Å². The first-order valence-corrected chi connectivity index (χ1v) is 11.8. The maximum atomic E-state index is 13.0. The molecule has 0 saturated heterocycles. The molecule has 8 nitrogen and oxygen atoms in total. The number of rotatable bonds is 6. The van der Waals surface area contributed by atoms with E-state index in [2.05, 4.69) is 20.9 Å². The van der Waals surface area contributed by atoms with Crippen molar-refractivity contribution in [1.29, 1.82) is 0 Å². The van der Waals surface area contributed by atoms with Gasteiger partial charge in [0.2, 0.25) is 0 Å². The predicted molar refractivity (Wildman–Crippen MR) is 138 cm³/mol. The van der Waals surface area contributed by atoms with Gasteiger partial charge in [0.15, 0.2) is 0 Å². The van der Waals surface area contributed by atoms with Crippen LogP contribution in [-0.2, 0) is 11.3 Å². The van der Waals surface area contributed by atoms with Crippen LogP contribution in [0.5, 0.6) is 5.75 Å². The molecule has 0 unspecified atom stereocenters. The largest absolute Gasteiger partial charge is 0.496 e. The topological polar surface area (TPSA) is 96.5 Å². The van der Waals surface area contributed by atoms with Crippen molar-refractivity contribution in [3.8, 4) is 17.1 Å². The molecule has 182 valence electrons. The first-order valence-electron chi connectivity index (χ1n) is 11.0. The lowest BCUT2D eigenvalue weighted by Crippen LogP contribution is -2.25. The summed E-state index contributed by atoms with van der Waals surface area (Å²) in [6, 6.07) is 9.45. The van der Waals surface area contributed by atoms with Gasteiger partial charge in [0.05, 0.1) is 40.6 Å². The first kappa shape index (κ1) is 30.2. The summed E-state index contributed by atoms with van der Waals surface area (Å²) in [5, 5.41) is 11.2. The fourth-order valence-electron chi connectivity index (χ4n) is 2.74. The van der Waals surface area contributed by atoms with E-state index in [1.165, 1.54) is 29.9 Å². The minimum Gasteiger partial charge on any atom is -0.496 e. The number of halogens is 1. The summed E-state index contributed by atoms with van der Waals surface area (Å²) < 4.78 is 12.5. The summed E-state index contributed by atoms with van der Waals surface area (Å²) in [4.78, 5) is 28.1. The number of non-ortho nitro benzene ring substituents is 1. The van der Waals surface area contributed by atoms with Gasteiger partial charge in [0.25, 0.3) is 11.2 Å². The molecule has 3 rings (SSSR count). The average Bonchev–Trinajstić information content (AvgIpc) is 2.86. The van der Waals surface area contributed by atoms with Crippen LogP contribution in [0.4, 0.5) is 5.69 Å². The molecule has 33 heavy (non-hydrogen) atoms. The molecule has 2 aromatic carbocycles. The van der Waals surface area contributed by atoms with Crippen LogP contribution in [0.25, 0.3) is 22.3 Å². The Hall–Kier alpha value is -2.78. The van der Waals surface area contributed by atoms with Crippen LogP contribution >= 0.6 is 15.9 Å². The van der Waals surface area contributed by atoms with E-state index in [1.54, 1.807) is 25.3 Å². The zero-order chi connectivity index (χ0) is 25.6. The van der Waals surface area contributed by atoms with Crippen molar-refractivity contribution in [2.75, 3.05) is 20.8 Å². The van der Waals surface area contributed by atoms with Crippen molar-refractivity contribution >= 4 is 32.5 Å². The number of ether oxygens (including phenoxy) is 2. The molecular formula is C24H34BrN3O5. The Kier molecular flexibility index (Phi) is 14.6. The van der Waals surface area contributed by atoms with E-state index in [-0.39, 0.29) is 23.2 Å². The Morgan fingerprint density at radius 3 is 2.18 bits per heavy atom. The fraction of sp³-hybridized carbons (Fsp3) is 0.417. The Labute approximate surface area is 203 Å². The van der Waals surface area contributed by atoms with Crippen molar-refractivity contribution in [3.63, 3.8) is 0 Å². The van der Waals surface area contributed by atoms with Gasteiger partial charge in [-0.1, -0.05) is 41.5 Å². The highest BCUT2D eigenvalue weighted by molar-refractivity contribution is 9.10. The van der Waals surface area contributed by atoms with Gasteiger partial charge in [-0.15, -0.1) is 0 Å². The Bertz CT molecular complexity index is 1080. The summed E-state index contributed by atoms with van der Waals surface area (Å²) in [7, 11) is 3.10. The number of hydrogen-bond acceptors (Lipinski definition) is 6. The molecule has 0 aliphatic rings. The molecule has 0 bridgehead atoms. The second-order valence-corrected chi connectivity index (χ2v) is 6.55. The van der Waals surface area contributed by atoms with Crippen LogP contribution in [0.2, 0.25) is 0 Å². The van der Waals surface area contributed by atoms with E-state index >= 15 is 0 Å². The maximum Gasteiger partial charge on any atom is 0.270 e. The SMILES string of the molecule is CC.CC.CC.COCCn1c(-c2ccc(OC)c(Br)c2)nc2ccc([N+](=O)[O-])cc2c1=O. The molecule has 0 radical (unpaired) electrons. The van der Waals surface area contributed by atoms with Crippen LogP contribution in [0, 0.1) is 10.1 Å². The zero-order valence-corrected chi connectivity index (χ0v) is 22.2. The Balaban J connectivity index is 0.00000158. The minimum atomic E-state index is -0.535. The van der Waals surface area contributed by atoms with E-state index in [9.17, 15) is 14.9 Å². The van der Waals surface area contributed by atoms with Crippen molar-refractivity contribution in [2.45, 2.75) is 48.1 Å². The maximum absolute atomic E-state index is 13.0. The van der Waals surface area contributed by atoms with E-state index in [0.29, 0.717) is 29.3 Å². The van der Waals surface area contributed by atoms with Crippen LogP contribution in [0.1, 0.15) is 41.5 Å². The average molecular weight is 524 g/mol. The van der Waals surface area contributed by atoms with Gasteiger partial charge < -0.3 is 9.47 Å². The highest BCUT2D eigenvalue weighted by Gasteiger charge is 2.16. The monoisotopic (exact) mass is 523 g/mol. The van der Waals surface area contributed by atoms with Crippen LogP contribution in [0.3, 0.4) is 0 Å². The van der Waals surface area contributed by atoms with Crippen molar-refractivity contribution in [3.05, 3.63) is 61.3 Å². The van der Waals surface area contributed by atoms with Gasteiger partial charge in [-0.2, -0.15) is 0 Å². The summed E-state index contributed by atoms with van der Waals surface area (Å²) in [5.41, 5.74) is 0.583. The Morgan fingerprint density at radius 2 is 1.67 bits per heavy atom. The lowest BCUT2D eigenvalue weighted by molar-refractivity contribution is -0.384. The number of benzene rings is 2. The molecule has 0 atom stereocenters. The minimum absolute atomic E-state index is 0.153. The highest BCUT2D eigenvalue weighted by atomic mass is 79.9. The zero-order valence-electron chi connectivity index (χ0n) is 20.6. The molecule has 9 heteroatoms. The first-order chi connectivity index (χ1) is 16.0. The number of methoxy groups -OCH3 is 2. The molecule has 0 spiro atoms. The molecule has 0 N–H and O–H groups in total. The third kappa shape index (κ3) is 7.64. The summed E-state index contributed by atoms with van der Waals surface area (Å²) in [6.45, 7) is 12.6. The molecule has 0 amide bonds. The number of fused-ring (bicyclic) bond motifs is 1. The second kappa shape index (κ2) is 15.9. The number of nitro groups is 1. The quantitative estimate of drug-likeness (QED) is 0.271. The van der Waals surface area contributed by atoms with E-state index < -0.39 is 4.92 Å². The van der Waals surface area contributed by atoms with Gasteiger partial charge in [0.1, 0.15) is 11.6 Å². The molecular weight excluding hydrogens is 490 g/mol. The van der Waals surface area contributed by atoms with Gasteiger partial charge >= 0.3 is 0 Å². The van der Waals surface area contributed by atoms with Gasteiger partial charge in [-0.25, -0.2) is 4.98 Å². The fourth-order valence-corrected chi connectivity index (χ4v) is 3.28. The van der Waals surface area contributed by atoms with Gasteiger partial charge in [0, 0.05) is 24.8 Å². The van der Waals surface area contributed by atoms with E-state index in [4.69, 9.17) is 9.47 Å². The molecule has 3 aromatic rings. The van der Waals surface area contributed by atoms with E-state index in [1.807, 2.05) is 41.5 Å². The predicted octanol–water partition coefficient (Wildman–Crippen LogP) is 6.47. The molecule has 1 aromatic heterocycles. The normalized spacial score (nSPS) is 9.48. The van der Waals surface area contributed by atoms with Crippen LogP contribution in [-0.4, -0.2) is 35.3 Å². The lowest BCUT2D eigenvalue weighted by Gasteiger charge is -2.14. The van der Waals surface area contributed by atoms with Crippen LogP contribution < -0.4 is 10.3 Å². The summed E-state index contributed by atoms with van der Waals surface area (Å²) in [6.07, 6.45) is 0. The summed E-state index contributed by atoms with van der Waals surface area (Å²) >= 11 is 3.44. The molecule has 0 saturated carbocycles. The third-order valence-corrected chi connectivity index (χ3v) is 4.70. The number of hydrogen-bond donors (Lipinski definition) is 0. The van der Waals surface area contributed by atoms with Gasteiger partial charge in [-0.3, -0.25) is 19.5 Å².